The van der Waals surface area contributed by atoms with Gasteiger partial charge in [-0.05, 0) is 82.0 Å². The lowest BCUT2D eigenvalue weighted by atomic mass is 9.65. The average Bonchev–Trinajstić information content (AvgIpc) is 3.10. The summed E-state index contributed by atoms with van der Waals surface area (Å²) in [7, 11) is 3.74. The Bertz CT molecular complexity index is 731. The number of carboxylic acid groups (broad SMARTS) is 1. The van der Waals surface area contributed by atoms with Gasteiger partial charge in [0.05, 0.1) is 0 Å². The lowest BCUT2D eigenvalue weighted by Gasteiger charge is -2.46. The highest BCUT2D eigenvalue weighted by Gasteiger charge is 2.39. The van der Waals surface area contributed by atoms with E-state index in [-0.39, 0.29) is 0 Å². The second-order valence-corrected chi connectivity index (χ2v) is 10.4. The summed E-state index contributed by atoms with van der Waals surface area (Å²) >= 11 is 1.94. The Morgan fingerprint density at radius 3 is 2.13 bits per heavy atom. The summed E-state index contributed by atoms with van der Waals surface area (Å²) in [5, 5.41) is 7.12. The Morgan fingerprint density at radius 2 is 1.71 bits per heavy atom. The molecule has 1 aliphatic carbocycles. The van der Waals surface area contributed by atoms with Crippen LogP contribution in [0.1, 0.15) is 54.7 Å². The van der Waals surface area contributed by atoms with Crippen molar-refractivity contribution in [3.05, 3.63) is 21.9 Å². The number of halogens is 3. The van der Waals surface area contributed by atoms with E-state index < -0.39 is 12.1 Å². The monoisotopic (exact) mass is 462 g/mol. The van der Waals surface area contributed by atoms with Gasteiger partial charge in [-0.3, -0.25) is 9.69 Å². The molecule has 1 saturated heterocycles. The van der Waals surface area contributed by atoms with E-state index in [9.17, 15) is 18.0 Å². The summed E-state index contributed by atoms with van der Waals surface area (Å²) in [6, 6.07) is 4.53. The molecule has 0 atom stereocenters. The number of aryl methyl sites for hydroxylation is 1. The van der Waals surface area contributed by atoms with Gasteiger partial charge in [-0.1, -0.05) is 0 Å². The molecule has 2 aliphatic rings. The molecule has 9 heteroatoms. The highest BCUT2D eigenvalue weighted by molar-refractivity contribution is 7.11. The topological polar surface area (TPSA) is 60.9 Å². The van der Waals surface area contributed by atoms with Crippen LogP contribution in [0.3, 0.4) is 0 Å². The van der Waals surface area contributed by atoms with Crippen molar-refractivity contribution >= 4 is 23.2 Å². The lowest BCUT2D eigenvalue weighted by Crippen LogP contribution is -2.41. The van der Waals surface area contributed by atoms with E-state index in [1.165, 1.54) is 61.4 Å². The van der Waals surface area contributed by atoms with Crippen molar-refractivity contribution in [1.29, 1.82) is 0 Å². The van der Waals surface area contributed by atoms with Crippen molar-refractivity contribution in [2.24, 2.45) is 11.3 Å². The molecule has 2 fully saturated rings. The molecule has 1 spiro atoms. The van der Waals surface area contributed by atoms with Crippen LogP contribution < -0.4 is 0 Å². The van der Waals surface area contributed by atoms with Gasteiger partial charge < -0.3 is 10.0 Å². The molecular weight excluding hydrogens is 429 g/mol. The molecule has 1 N–H and O–H groups in total. The largest absolute Gasteiger partial charge is 0.490 e. The summed E-state index contributed by atoms with van der Waals surface area (Å²) in [5.41, 5.74) is 0.583. The summed E-state index contributed by atoms with van der Waals surface area (Å²) < 4.78 is 31.7. The quantitative estimate of drug-likeness (QED) is 0.689. The molecule has 31 heavy (non-hydrogen) atoms. The van der Waals surface area contributed by atoms with E-state index in [2.05, 4.69) is 24.0 Å². The number of alkyl halides is 3. The van der Waals surface area contributed by atoms with Crippen LogP contribution >= 0.6 is 11.3 Å². The average molecular weight is 463 g/mol. The third-order valence-corrected chi connectivity index (χ3v) is 7.45. The van der Waals surface area contributed by atoms with Gasteiger partial charge in [-0.2, -0.15) is 13.2 Å². The number of rotatable bonds is 4. The molecule has 0 bridgehead atoms. The Kier molecular flexibility index (Phi) is 8.94. The van der Waals surface area contributed by atoms with Crippen LogP contribution in [-0.2, 0) is 16.1 Å². The smallest absolute Gasteiger partial charge is 0.475 e. The third-order valence-electron chi connectivity index (χ3n) is 6.46. The number of aliphatic carboxylic acids is 1. The number of carboxylic acids is 1. The predicted molar refractivity (Wildman–Crippen MR) is 115 cm³/mol. The van der Waals surface area contributed by atoms with Crippen LogP contribution in [0.2, 0.25) is 0 Å². The van der Waals surface area contributed by atoms with Gasteiger partial charge in [0, 0.05) is 36.8 Å². The molecule has 0 aromatic carbocycles. The lowest BCUT2D eigenvalue weighted by molar-refractivity contribution is -0.192. The minimum absolute atomic E-state index is 0.303. The molecule has 1 aromatic rings. The van der Waals surface area contributed by atoms with E-state index in [1.54, 1.807) is 4.90 Å². The number of nitrogens with zero attached hydrogens (tertiary/aromatic N) is 2. The highest BCUT2D eigenvalue weighted by Crippen LogP contribution is 2.47. The first-order valence-electron chi connectivity index (χ1n) is 10.7. The molecule has 1 saturated carbocycles. The van der Waals surface area contributed by atoms with Gasteiger partial charge in [-0.15, -0.1) is 11.3 Å². The first-order chi connectivity index (χ1) is 14.4. The predicted octanol–water partition coefficient (Wildman–Crippen LogP) is 4.94. The third kappa shape index (κ3) is 8.11. The van der Waals surface area contributed by atoms with Gasteiger partial charge in [0.25, 0.3) is 0 Å². The van der Waals surface area contributed by atoms with E-state index >= 15 is 0 Å². The second kappa shape index (κ2) is 10.8. The zero-order valence-corrected chi connectivity index (χ0v) is 19.3. The number of carbonyl (C=O) groups is 2. The van der Waals surface area contributed by atoms with Gasteiger partial charge in [0.15, 0.2) is 0 Å². The molecule has 176 valence electrons. The van der Waals surface area contributed by atoms with Crippen molar-refractivity contribution in [2.45, 2.75) is 64.6 Å². The number of likely N-dealkylation sites (tertiary alicyclic amines) is 1. The van der Waals surface area contributed by atoms with Crippen molar-refractivity contribution in [3.8, 4) is 0 Å². The molecular formula is C22H33F3N2O3S. The maximum absolute atomic E-state index is 11.9. The molecule has 3 rings (SSSR count). The Hall–Kier alpha value is -1.61. The van der Waals surface area contributed by atoms with Gasteiger partial charge in [0.2, 0.25) is 5.91 Å². The van der Waals surface area contributed by atoms with Crippen molar-refractivity contribution in [3.63, 3.8) is 0 Å². The van der Waals surface area contributed by atoms with E-state index in [0.29, 0.717) is 17.2 Å². The number of hydrogen-bond acceptors (Lipinski definition) is 4. The Morgan fingerprint density at radius 1 is 1.16 bits per heavy atom. The maximum atomic E-state index is 11.9. The van der Waals surface area contributed by atoms with Crippen LogP contribution in [0.15, 0.2) is 12.1 Å². The van der Waals surface area contributed by atoms with Crippen LogP contribution in [0.5, 0.6) is 0 Å². The van der Waals surface area contributed by atoms with Gasteiger partial charge in [-0.25, -0.2) is 4.79 Å². The summed E-state index contributed by atoms with van der Waals surface area (Å²) in [6.45, 7) is 5.82. The maximum Gasteiger partial charge on any atom is 0.490 e. The number of thiophene rings is 1. The normalized spacial score (nSPS) is 19.5. The molecule has 1 amide bonds. The standard InChI is InChI=1S/C20H32N2OS.C2HF3O2/c1-16-4-5-18(24-16)15-22-12-10-20(11-13-22)8-6-17(7-9-20)14-19(23)21(2)3;3-2(4,5)1(6)7/h4-5,17H,6-15H2,1-3H3;(H,6,7). The minimum Gasteiger partial charge on any atom is -0.475 e. The van der Waals surface area contributed by atoms with E-state index in [4.69, 9.17) is 9.90 Å². The zero-order chi connectivity index (χ0) is 23.2. The summed E-state index contributed by atoms with van der Waals surface area (Å²) in [4.78, 5) is 28.1. The Labute approximate surface area is 186 Å². The Balaban J connectivity index is 0.000000423. The number of piperidine rings is 1. The first-order valence-corrected chi connectivity index (χ1v) is 11.5. The number of amides is 1. The molecule has 1 aromatic heterocycles. The van der Waals surface area contributed by atoms with E-state index in [1.807, 2.05) is 25.4 Å². The van der Waals surface area contributed by atoms with Crippen LogP contribution in [0.4, 0.5) is 13.2 Å². The van der Waals surface area contributed by atoms with Gasteiger partial charge in [0.1, 0.15) is 0 Å². The molecule has 5 nitrogen and oxygen atoms in total. The molecule has 2 heterocycles. The summed E-state index contributed by atoms with van der Waals surface area (Å²) in [6.07, 6.45) is 3.56. The highest BCUT2D eigenvalue weighted by atomic mass is 32.1. The number of hydrogen-bond donors (Lipinski definition) is 1. The van der Waals surface area contributed by atoms with Crippen LogP contribution in [0.25, 0.3) is 0 Å². The molecule has 1 aliphatic heterocycles. The van der Waals surface area contributed by atoms with Crippen LogP contribution in [0, 0.1) is 18.3 Å². The minimum atomic E-state index is -5.08. The SMILES string of the molecule is Cc1ccc(CN2CCC3(CCC(CC(=O)N(C)C)CC3)CC2)s1.O=C(O)C(F)(F)F. The molecule has 0 unspecified atom stereocenters. The van der Waals surface area contributed by atoms with Gasteiger partial charge >= 0.3 is 12.1 Å². The van der Waals surface area contributed by atoms with Crippen molar-refractivity contribution in [1.82, 2.24) is 9.80 Å². The fourth-order valence-electron chi connectivity index (χ4n) is 4.40. The molecule has 0 radical (unpaired) electrons. The first kappa shape index (κ1) is 25.6. The summed E-state index contributed by atoms with van der Waals surface area (Å²) in [5.74, 6) is -1.83. The van der Waals surface area contributed by atoms with E-state index in [0.717, 1.165) is 13.0 Å². The fourth-order valence-corrected chi connectivity index (χ4v) is 5.33. The van der Waals surface area contributed by atoms with Crippen molar-refractivity contribution < 1.29 is 27.9 Å². The fraction of sp³-hybridized carbons (Fsp3) is 0.727. The van der Waals surface area contributed by atoms with Crippen molar-refractivity contribution in [2.75, 3.05) is 27.2 Å². The number of carbonyl (C=O) groups excluding carboxylic acids is 1. The second-order valence-electron chi connectivity index (χ2n) is 9.03. The van der Waals surface area contributed by atoms with Crippen LogP contribution in [-0.4, -0.2) is 60.1 Å². The zero-order valence-electron chi connectivity index (χ0n) is 18.5.